The minimum Gasteiger partial charge on any atom is -0.490 e. The number of nitrogens with zero attached hydrogens (tertiary/aromatic N) is 2. The van der Waals surface area contributed by atoms with E-state index in [1.165, 1.54) is 0 Å². The van der Waals surface area contributed by atoms with Gasteiger partial charge >= 0.3 is 6.03 Å². The van der Waals surface area contributed by atoms with E-state index in [1.54, 1.807) is 25.1 Å². The van der Waals surface area contributed by atoms with Crippen molar-refractivity contribution in [1.82, 2.24) is 14.8 Å². The monoisotopic (exact) mass is 439 g/mol. The molecule has 1 saturated heterocycles. The quantitative estimate of drug-likeness (QED) is 0.551. The fraction of sp³-hybridized carbons (Fsp3) is 0.458. The van der Waals surface area contributed by atoms with Gasteiger partial charge < -0.3 is 19.4 Å². The van der Waals surface area contributed by atoms with E-state index in [4.69, 9.17) is 9.47 Å². The number of nitrogens with one attached hydrogen (secondary N) is 1. The predicted molar refractivity (Wildman–Crippen MR) is 118 cm³/mol. The van der Waals surface area contributed by atoms with Gasteiger partial charge in [-0.05, 0) is 51.0 Å². The maximum atomic E-state index is 13.3. The van der Waals surface area contributed by atoms with E-state index in [9.17, 15) is 14.4 Å². The number of aromatic nitrogens is 1. The molecule has 0 saturated carbocycles. The van der Waals surface area contributed by atoms with Crippen LogP contribution in [-0.2, 0) is 16.9 Å². The SMILES string of the molecule is CCCn1c(C)cc(C(=O)CN2C(=O)NC(C)(c3ccc4c(c3)OCCCO4)C2=O)c1C. The van der Waals surface area contributed by atoms with Crippen molar-refractivity contribution in [2.24, 2.45) is 0 Å². The van der Waals surface area contributed by atoms with Crippen molar-refractivity contribution in [3.63, 3.8) is 0 Å². The lowest BCUT2D eigenvalue weighted by atomic mass is 9.91. The first-order valence-corrected chi connectivity index (χ1v) is 11.0. The Morgan fingerprint density at radius 2 is 1.84 bits per heavy atom. The van der Waals surface area contributed by atoms with Gasteiger partial charge in [0.05, 0.1) is 19.8 Å². The molecule has 0 radical (unpaired) electrons. The van der Waals surface area contributed by atoms with E-state index in [0.29, 0.717) is 35.8 Å². The van der Waals surface area contributed by atoms with E-state index in [2.05, 4.69) is 16.8 Å². The third-order valence-electron chi connectivity index (χ3n) is 6.22. The topological polar surface area (TPSA) is 89.9 Å². The van der Waals surface area contributed by atoms with Crippen molar-refractivity contribution in [2.75, 3.05) is 19.8 Å². The number of ketones is 1. The second-order valence-corrected chi connectivity index (χ2v) is 8.52. The summed E-state index contributed by atoms with van der Waals surface area (Å²) in [5, 5.41) is 2.76. The van der Waals surface area contributed by atoms with Crippen LogP contribution >= 0.6 is 0 Å². The molecule has 1 N–H and O–H groups in total. The largest absolute Gasteiger partial charge is 0.490 e. The number of carbonyl (C=O) groups is 3. The molecular formula is C24H29N3O5. The van der Waals surface area contributed by atoms with Gasteiger partial charge in [0.25, 0.3) is 5.91 Å². The van der Waals surface area contributed by atoms with Crippen LogP contribution in [0.5, 0.6) is 11.5 Å². The number of ether oxygens (including phenoxy) is 2. The average molecular weight is 440 g/mol. The molecule has 4 rings (SSSR count). The van der Waals surface area contributed by atoms with Gasteiger partial charge in [0.1, 0.15) is 5.54 Å². The van der Waals surface area contributed by atoms with Gasteiger partial charge in [-0.25, -0.2) is 4.79 Å². The normalized spacial score (nSPS) is 20.3. The van der Waals surface area contributed by atoms with Gasteiger partial charge in [0.15, 0.2) is 17.3 Å². The van der Waals surface area contributed by atoms with Crippen LogP contribution < -0.4 is 14.8 Å². The van der Waals surface area contributed by atoms with E-state index in [1.807, 2.05) is 19.9 Å². The predicted octanol–water partition coefficient (Wildman–Crippen LogP) is 3.33. The highest BCUT2D eigenvalue weighted by Crippen LogP contribution is 2.36. The minimum absolute atomic E-state index is 0.258. The van der Waals surface area contributed by atoms with Crippen LogP contribution in [-0.4, -0.2) is 46.9 Å². The first-order valence-electron chi connectivity index (χ1n) is 11.0. The highest BCUT2D eigenvalue weighted by Gasteiger charge is 2.50. The van der Waals surface area contributed by atoms with Gasteiger partial charge in [-0.15, -0.1) is 0 Å². The van der Waals surface area contributed by atoms with Crippen LogP contribution in [0.15, 0.2) is 24.3 Å². The molecule has 1 aromatic heterocycles. The van der Waals surface area contributed by atoms with Crippen molar-refractivity contribution < 1.29 is 23.9 Å². The lowest BCUT2D eigenvalue weighted by molar-refractivity contribution is -0.130. The lowest BCUT2D eigenvalue weighted by Gasteiger charge is -2.23. The third kappa shape index (κ3) is 3.63. The van der Waals surface area contributed by atoms with Gasteiger partial charge in [-0.1, -0.05) is 13.0 Å². The fourth-order valence-corrected chi connectivity index (χ4v) is 4.39. The van der Waals surface area contributed by atoms with E-state index in [0.717, 1.165) is 35.7 Å². The van der Waals surface area contributed by atoms with Crippen LogP contribution in [0.2, 0.25) is 0 Å². The Labute approximate surface area is 187 Å². The highest BCUT2D eigenvalue weighted by molar-refractivity contribution is 6.11. The average Bonchev–Trinajstić information content (AvgIpc) is 3.05. The summed E-state index contributed by atoms with van der Waals surface area (Å²) >= 11 is 0. The van der Waals surface area contributed by atoms with Crippen molar-refractivity contribution >= 4 is 17.7 Å². The van der Waals surface area contributed by atoms with Crippen LogP contribution in [0.25, 0.3) is 0 Å². The van der Waals surface area contributed by atoms with E-state index < -0.39 is 17.5 Å². The Morgan fingerprint density at radius 1 is 1.12 bits per heavy atom. The number of Topliss-reactive ketones (excluding diaryl/α,β-unsaturated/α-hetero) is 1. The summed E-state index contributed by atoms with van der Waals surface area (Å²) in [4.78, 5) is 40.1. The second kappa shape index (κ2) is 8.33. The number of fused-ring (bicyclic) bond motifs is 1. The molecule has 1 unspecified atom stereocenters. The summed E-state index contributed by atoms with van der Waals surface area (Å²) in [7, 11) is 0. The molecule has 0 aliphatic carbocycles. The summed E-state index contributed by atoms with van der Waals surface area (Å²) in [5.74, 6) is 0.432. The van der Waals surface area contributed by atoms with Gasteiger partial charge in [-0.3, -0.25) is 14.5 Å². The fourth-order valence-electron chi connectivity index (χ4n) is 4.39. The van der Waals surface area contributed by atoms with Gasteiger partial charge in [-0.2, -0.15) is 0 Å². The van der Waals surface area contributed by atoms with Crippen LogP contribution in [0.4, 0.5) is 4.79 Å². The molecular weight excluding hydrogens is 410 g/mol. The zero-order chi connectivity index (χ0) is 23.0. The molecule has 32 heavy (non-hydrogen) atoms. The number of imide groups is 1. The Balaban J connectivity index is 1.57. The molecule has 8 nitrogen and oxygen atoms in total. The zero-order valence-corrected chi connectivity index (χ0v) is 19.0. The number of carbonyl (C=O) groups excluding carboxylic acids is 3. The van der Waals surface area contributed by atoms with Crippen molar-refractivity contribution in [2.45, 2.75) is 52.6 Å². The van der Waals surface area contributed by atoms with Gasteiger partial charge in [0, 0.05) is 29.9 Å². The Hall–Kier alpha value is -3.29. The summed E-state index contributed by atoms with van der Waals surface area (Å²) < 4.78 is 13.5. The molecule has 1 aromatic carbocycles. The summed E-state index contributed by atoms with van der Waals surface area (Å²) in [6, 6.07) is 6.46. The van der Waals surface area contributed by atoms with Crippen LogP contribution in [0.3, 0.4) is 0 Å². The molecule has 2 aliphatic heterocycles. The molecule has 2 aromatic rings. The first kappa shape index (κ1) is 21.9. The van der Waals surface area contributed by atoms with Gasteiger partial charge in [0.2, 0.25) is 0 Å². The number of urea groups is 1. The molecule has 0 spiro atoms. The molecule has 8 heteroatoms. The Kier molecular flexibility index (Phi) is 5.71. The molecule has 170 valence electrons. The maximum absolute atomic E-state index is 13.3. The second-order valence-electron chi connectivity index (χ2n) is 8.52. The summed E-state index contributed by atoms with van der Waals surface area (Å²) in [5.41, 5.74) is 1.67. The molecule has 3 heterocycles. The molecule has 3 amide bonds. The van der Waals surface area contributed by atoms with Crippen molar-refractivity contribution in [3.8, 4) is 11.5 Å². The van der Waals surface area contributed by atoms with Crippen LogP contribution in [0, 0.1) is 13.8 Å². The number of aryl methyl sites for hydroxylation is 1. The molecule has 1 fully saturated rings. The maximum Gasteiger partial charge on any atom is 0.325 e. The van der Waals surface area contributed by atoms with Crippen LogP contribution in [0.1, 0.15) is 54.0 Å². The minimum atomic E-state index is -1.29. The number of amides is 3. The number of hydrogen-bond acceptors (Lipinski definition) is 5. The van der Waals surface area contributed by atoms with E-state index >= 15 is 0 Å². The lowest BCUT2D eigenvalue weighted by Crippen LogP contribution is -2.41. The smallest absolute Gasteiger partial charge is 0.325 e. The number of hydrogen-bond donors (Lipinski definition) is 1. The van der Waals surface area contributed by atoms with Crippen molar-refractivity contribution in [1.29, 1.82) is 0 Å². The summed E-state index contributed by atoms with van der Waals surface area (Å²) in [6.45, 7) is 9.16. The standard InChI is InChI=1S/C24H29N3O5/c1-5-9-26-15(2)12-18(16(26)3)19(28)14-27-22(29)24(4,25-23(27)30)17-7-8-20-21(13-17)32-11-6-10-31-20/h7-8,12-13H,5-6,9-11,14H2,1-4H3,(H,25,30). The molecule has 1 atom stereocenters. The zero-order valence-electron chi connectivity index (χ0n) is 19.0. The number of benzene rings is 1. The van der Waals surface area contributed by atoms with Crippen molar-refractivity contribution in [3.05, 3.63) is 46.8 Å². The molecule has 0 bridgehead atoms. The summed E-state index contributed by atoms with van der Waals surface area (Å²) in [6.07, 6.45) is 1.72. The Bertz CT molecular complexity index is 1090. The number of rotatable bonds is 6. The van der Waals surface area contributed by atoms with E-state index in [-0.39, 0.29) is 12.3 Å². The first-order chi connectivity index (χ1) is 15.3. The highest BCUT2D eigenvalue weighted by atomic mass is 16.5. The molecule has 2 aliphatic rings. The third-order valence-corrected chi connectivity index (χ3v) is 6.22. The Morgan fingerprint density at radius 3 is 2.56 bits per heavy atom.